The first kappa shape index (κ1) is 18.9. The first-order valence-electron chi connectivity index (χ1n) is 7.66. The Bertz CT molecular complexity index is 470. The van der Waals surface area contributed by atoms with Crippen molar-refractivity contribution in [1.82, 2.24) is 5.32 Å². The van der Waals surface area contributed by atoms with Crippen molar-refractivity contribution in [3.05, 3.63) is 0 Å². The molecule has 1 saturated heterocycles. The summed E-state index contributed by atoms with van der Waals surface area (Å²) in [6.45, 7) is 2.81. The molecule has 22 heavy (non-hydrogen) atoms. The summed E-state index contributed by atoms with van der Waals surface area (Å²) in [5.41, 5.74) is 0. The van der Waals surface area contributed by atoms with E-state index in [4.69, 9.17) is 4.74 Å². The van der Waals surface area contributed by atoms with Gasteiger partial charge in [0.05, 0.1) is 12.4 Å². The summed E-state index contributed by atoms with van der Waals surface area (Å²) in [5.74, 6) is -2.94. The van der Waals surface area contributed by atoms with E-state index < -0.39 is 33.5 Å². The highest BCUT2D eigenvalue weighted by Crippen LogP contribution is 2.18. The van der Waals surface area contributed by atoms with Crippen LogP contribution in [0, 0.1) is 5.92 Å². The Kier molecular flexibility index (Phi) is 7.81. The third-order valence-electron chi connectivity index (χ3n) is 3.66. The molecule has 0 bridgehead atoms. The van der Waals surface area contributed by atoms with Crippen LogP contribution in [0.25, 0.3) is 0 Å². The first-order chi connectivity index (χ1) is 10.4. The number of carbonyl (C=O) groups excluding carboxylic acids is 1. The molecule has 2 N–H and O–H groups in total. The van der Waals surface area contributed by atoms with Gasteiger partial charge in [-0.2, -0.15) is 0 Å². The maximum Gasteiger partial charge on any atom is 0.326 e. The Morgan fingerprint density at radius 1 is 1.36 bits per heavy atom. The molecule has 2 atom stereocenters. The lowest BCUT2D eigenvalue weighted by molar-refractivity contribution is -0.144. The zero-order valence-corrected chi connectivity index (χ0v) is 13.7. The van der Waals surface area contributed by atoms with E-state index >= 15 is 0 Å². The van der Waals surface area contributed by atoms with Crippen molar-refractivity contribution in [2.24, 2.45) is 5.92 Å². The smallest absolute Gasteiger partial charge is 0.326 e. The molecule has 0 aromatic carbocycles. The summed E-state index contributed by atoms with van der Waals surface area (Å²) >= 11 is 0. The number of sulfone groups is 1. The van der Waals surface area contributed by atoms with E-state index in [0.717, 1.165) is 19.3 Å². The standard InChI is InChI=1S/C14H25NO6S/c1-2-3-4-8-22(19,20)10-12(16)15-13(14(17)18)11-6-5-7-21-9-11/h11,13H,2-10H2,1H3,(H,15,16)(H,17,18). The minimum atomic E-state index is -3.49. The molecule has 128 valence electrons. The van der Waals surface area contributed by atoms with E-state index in [0.29, 0.717) is 19.4 Å². The highest BCUT2D eigenvalue weighted by Gasteiger charge is 2.32. The highest BCUT2D eigenvalue weighted by molar-refractivity contribution is 7.92. The Hall–Kier alpha value is -1.15. The number of unbranched alkanes of at least 4 members (excludes halogenated alkanes) is 2. The van der Waals surface area contributed by atoms with E-state index in [-0.39, 0.29) is 18.3 Å². The van der Waals surface area contributed by atoms with Crippen molar-refractivity contribution in [2.75, 3.05) is 24.7 Å². The van der Waals surface area contributed by atoms with Gasteiger partial charge in [0.15, 0.2) is 9.84 Å². The fraction of sp³-hybridized carbons (Fsp3) is 0.857. The summed E-state index contributed by atoms with van der Waals surface area (Å²) in [4.78, 5) is 23.1. The van der Waals surface area contributed by atoms with Crippen LogP contribution in [-0.2, 0) is 24.2 Å². The highest BCUT2D eigenvalue weighted by atomic mass is 32.2. The molecule has 0 radical (unpaired) electrons. The largest absolute Gasteiger partial charge is 0.480 e. The van der Waals surface area contributed by atoms with Crippen LogP contribution >= 0.6 is 0 Å². The lowest BCUT2D eigenvalue weighted by atomic mass is 9.94. The van der Waals surface area contributed by atoms with Crippen molar-refractivity contribution in [3.63, 3.8) is 0 Å². The number of hydrogen-bond acceptors (Lipinski definition) is 5. The number of carbonyl (C=O) groups is 2. The van der Waals surface area contributed by atoms with E-state index in [1.165, 1.54) is 0 Å². The molecule has 7 nitrogen and oxygen atoms in total. The predicted octanol–water partition coefficient (Wildman–Crippen LogP) is 0.587. The number of carboxylic acids is 1. The first-order valence-corrected chi connectivity index (χ1v) is 9.48. The molecule has 0 aliphatic carbocycles. The summed E-state index contributed by atoms with van der Waals surface area (Å²) in [6.07, 6.45) is 3.58. The Labute approximate surface area is 131 Å². The monoisotopic (exact) mass is 335 g/mol. The number of amides is 1. The lowest BCUT2D eigenvalue weighted by Gasteiger charge is -2.28. The van der Waals surface area contributed by atoms with Crippen LogP contribution in [0.4, 0.5) is 0 Å². The van der Waals surface area contributed by atoms with Gasteiger partial charge in [-0.15, -0.1) is 0 Å². The summed E-state index contributed by atoms with van der Waals surface area (Å²) < 4.78 is 28.8. The minimum Gasteiger partial charge on any atom is -0.480 e. The average Bonchev–Trinajstić information content (AvgIpc) is 2.45. The molecule has 1 aliphatic heterocycles. The van der Waals surface area contributed by atoms with Gasteiger partial charge in [0.1, 0.15) is 11.8 Å². The zero-order valence-electron chi connectivity index (χ0n) is 12.9. The number of nitrogens with one attached hydrogen (secondary N) is 1. The second kappa shape index (κ2) is 9.09. The fourth-order valence-corrected chi connectivity index (χ4v) is 3.74. The molecule has 1 amide bonds. The van der Waals surface area contributed by atoms with Gasteiger partial charge < -0.3 is 15.2 Å². The van der Waals surface area contributed by atoms with Crippen molar-refractivity contribution in [3.8, 4) is 0 Å². The summed E-state index contributed by atoms with van der Waals surface area (Å²) in [6, 6.07) is -1.10. The van der Waals surface area contributed by atoms with Gasteiger partial charge >= 0.3 is 5.97 Å². The van der Waals surface area contributed by atoms with Crippen LogP contribution in [0.2, 0.25) is 0 Å². The van der Waals surface area contributed by atoms with Crippen molar-refractivity contribution < 1.29 is 27.9 Å². The Morgan fingerprint density at radius 3 is 2.64 bits per heavy atom. The maximum absolute atomic E-state index is 11.9. The van der Waals surface area contributed by atoms with Crippen LogP contribution in [0.5, 0.6) is 0 Å². The fourth-order valence-electron chi connectivity index (χ4n) is 2.47. The van der Waals surface area contributed by atoms with E-state index in [1.807, 2.05) is 6.92 Å². The van der Waals surface area contributed by atoms with Crippen LogP contribution < -0.4 is 5.32 Å². The second-order valence-electron chi connectivity index (χ2n) is 5.66. The molecule has 0 aromatic heterocycles. The van der Waals surface area contributed by atoms with Gasteiger partial charge in [-0.3, -0.25) is 4.79 Å². The minimum absolute atomic E-state index is 0.0431. The summed E-state index contributed by atoms with van der Waals surface area (Å²) in [5, 5.41) is 11.6. The van der Waals surface area contributed by atoms with E-state index in [2.05, 4.69) is 5.32 Å². The third kappa shape index (κ3) is 6.74. The zero-order chi connectivity index (χ0) is 16.6. The number of carboxylic acid groups (broad SMARTS) is 1. The molecule has 1 rings (SSSR count). The van der Waals surface area contributed by atoms with Gasteiger partial charge in [0.25, 0.3) is 0 Å². The van der Waals surface area contributed by atoms with Crippen molar-refractivity contribution in [2.45, 2.75) is 45.1 Å². The van der Waals surface area contributed by atoms with Crippen molar-refractivity contribution in [1.29, 1.82) is 0 Å². The third-order valence-corrected chi connectivity index (χ3v) is 5.27. The van der Waals surface area contributed by atoms with Gasteiger partial charge in [-0.05, 0) is 19.3 Å². The maximum atomic E-state index is 11.9. The number of ether oxygens (including phenoxy) is 1. The molecule has 8 heteroatoms. The molecule has 0 saturated carbocycles. The normalized spacial score (nSPS) is 20.3. The van der Waals surface area contributed by atoms with Gasteiger partial charge in [0.2, 0.25) is 5.91 Å². The second-order valence-corrected chi connectivity index (χ2v) is 7.84. The van der Waals surface area contributed by atoms with Crippen molar-refractivity contribution >= 4 is 21.7 Å². The topological polar surface area (TPSA) is 110 Å². The summed E-state index contributed by atoms with van der Waals surface area (Å²) in [7, 11) is -3.49. The Balaban J connectivity index is 2.54. The molecule has 0 aromatic rings. The lowest BCUT2D eigenvalue weighted by Crippen LogP contribution is -2.49. The molecule has 1 aliphatic rings. The average molecular weight is 335 g/mol. The predicted molar refractivity (Wildman–Crippen MR) is 81.3 cm³/mol. The van der Waals surface area contributed by atoms with Crippen LogP contribution in [0.3, 0.4) is 0 Å². The molecule has 1 fully saturated rings. The van der Waals surface area contributed by atoms with Crippen LogP contribution in [0.15, 0.2) is 0 Å². The molecular weight excluding hydrogens is 310 g/mol. The number of aliphatic carboxylic acids is 1. The van der Waals surface area contributed by atoms with Gasteiger partial charge in [0, 0.05) is 12.5 Å². The Morgan fingerprint density at radius 2 is 2.09 bits per heavy atom. The number of hydrogen-bond donors (Lipinski definition) is 2. The van der Waals surface area contributed by atoms with Crippen LogP contribution in [0.1, 0.15) is 39.0 Å². The molecule has 0 spiro atoms. The quantitative estimate of drug-likeness (QED) is 0.597. The van der Waals surface area contributed by atoms with E-state index in [1.54, 1.807) is 0 Å². The molecule has 1 heterocycles. The van der Waals surface area contributed by atoms with Crippen LogP contribution in [-0.4, -0.2) is 56.2 Å². The van der Waals surface area contributed by atoms with Gasteiger partial charge in [-0.25, -0.2) is 13.2 Å². The number of rotatable bonds is 9. The SMILES string of the molecule is CCCCCS(=O)(=O)CC(=O)NC(C(=O)O)C1CCCOC1. The molecule has 2 unspecified atom stereocenters. The molecular formula is C14H25NO6S. The van der Waals surface area contributed by atoms with Gasteiger partial charge in [-0.1, -0.05) is 19.8 Å². The van der Waals surface area contributed by atoms with E-state index in [9.17, 15) is 23.1 Å².